The zero-order valence-electron chi connectivity index (χ0n) is 67.1. The summed E-state index contributed by atoms with van der Waals surface area (Å²) in [6.07, 6.45) is 62.3. The highest BCUT2D eigenvalue weighted by Crippen LogP contribution is 2.45. The smallest absolute Gasteiger partial charge is 0.462 e. The molecule has 0 bridgehead atoms. The maximum atomic E-state index is 13.1. The second-order valence-electron chi connectivity index (χ2n) is 31.1. The number of hydrogen-bond donors (Lipinski definition) is 3. The number of unbranched alkanes of at least 4 members (excludes halogenated alkanes) is 48. The van der Waals surface area contributed by atoms with Gasteiger partial charge in [-0.25, -0.2) is 9.13 Å². The second-order valence-corrected chi connectivity index (χ2v) is 34.0. The van der Waals surface area contributed by atoms with Gasteiger partial charge in [-0.05, 0) is 43.4 Å². The summed E-state index contributed by atoms with van der Waals surface area (Å²) in [5.74, 6) is 0.283. The van der Waals surface area contributed by atoms with Crippen LogP contribution in [0.1, 0.15) is 434 Å². The van der Waals surface area contributed by atoms with Crippen LogP contribution in [0.25, 0.3) is 0 Å². The van der Waals surface area contributed by atoms with Crippen LogP contribution in [0, 0.1) is 17.8 Å². The molecule has 0 saturated heterocycles. The molecule has 0 aliphatic heterocycles. The Hall–Kier alpha value is -1.94. The summed E-state index contributed by atoms with van der Waals surface area (Å²) in [7, 11) is -9.93. The van der Waals surface area contributed by atoms with Gasteiger partial charge in [-0.15, -0.1) is 0 Å². The molecule has 6 atom stereocenters. The van der Waals surface area contributed by atoms with Crippen LogP contribution in [0.3, 0.4) is 0 Å². The van der Waals surface area contributed by atoms with Gasteiger partial charge in [0.25, 0.3) is 0 Å². The average Bonchev–Trinajstić information content (AvgIpc) is 0.913. The summed E-state index contributed by atoms with van der Waals surface area (Å²) >= 11 is 0. The van der Waals surface area contributed by atoms with Gasteiger partial charge >= 0.3 is 39.5 Å². The van der Waals surface area contributed by atoms with Gasteiger partial charge in [0.05, 0.1) is 26.4 Å². The first-order valence-corrected chi connectivity index (χ1v) is 45.9. The van der Waals surface area contributed by atoms with Crippen molar-refractivity contribution in [1.82, 2.24) is 0 Å². The predicted octanol–water partition coefficient (Wildman–Crippen LogP) is 24.9. The van der Waals surface area contributed by atoms with Gasteiger partial charge in [-0.2, -0.15) is 0 Å². The zero-order chi connectivity index (χ0) is 75.1. The molecule has 0 aromatic rings. The molecule has 19 heteroatoms. The largest absolute Gasteiger partial charge is 0.472 e. The Morgan fingerprint density at radius 3 is 0.745 bits per heavy atom. The Morgan fingerprint density at radius 2 is 0.500 bits per heavy atom. The van der Waals surface area contributed by atoms with Crippen LogP contribution in [0.4, 0.5) is 0 Å². The number of hydrogen-bond acceptors (Lipinski definition) is 15. The molecule has 17 nitrogen and oxygen atoms in total. The molecule has 0 aliphatic carbocycles. The van der Waals surface area contributed by atoms with E-state index in [2.05, 4.69) is 48.5 Å². The van der Waals surface area contributed by atoms with Gasteiger partial charge in [0, 0.05) is 25.7 Å². The van der Waals surface area contributed by atoms with Gasteiger partial charge in [0.2, 0.25) is 0 Å². The minimum Gasteiger partial charge on any atom is -0.462 e. The fraction of sp³-hybridized carbons (Fsp3) is 0.952. The van der Waals surface area contributed by atoms with E-state index in [0.717, 1.165) is 108 Å². The molecule has 0 amide bonds. The highest BCUT2D eigenvalue weighted by atomic mass is 31.2. The lowest BCUT2D eigenvalue weighted by Gasteiger charge is -2.21. The van der Waals surface area contributed by atoms with Crippen molar-refractivity contribution in [2.45, 2.75) is 452 Å². The van der Waals surface area contributed by atoms with Crippen LogP contribution in [0.5, 0.6) is 0 Å². The fourth-order valence-electron chi connectivity index (χ4n) is 12.8. The van der Waals surface area contributed by atoms with E-state index in [-0.39, 0.29) is 25.7 Å². The van der Waals surface area contributed by atoms with Crippen molar-refractivity contribution in [2.75, 3.05) is 39.6 Å². The highest BCUT2D eigenvalue weighted by molar-refractivity contribution is 7.47. The van der Waals surface area contributed by atoms with Crippen LogP contribution >= 0.6 is 15.6 Å². The van der Waals surface area contributed by atoms with Gasteiger partial charge in [-0.1, -0.05) is 382 Å². The zero-order valence-corrected chi connectivity index (χ0v) is 68.9. The van der Waals surface area contributed by atoms with Crippen molar-refractivity contribution in [3.8, 4) is 0 Å². The van der Waals surface area contributed by atoms with Gasteiger partial charge < -0.3 is 33.8 Å². The van der Waals surface area contributed by atoms with Crippen molar-refractivity contribution in [3.63, 3.8) is 0 Å². The lowest BCUT2D eigenvalue weighted by molar-refractivity contribution is -0.161. The Kier molecular flexibility index (Phi) is 71.8. The predicted molar refractivity (Wildman–Crippen MR) is 418 cm³/mol. The summed E-state index contributed by atoms with van der Waals surface area (Å²) < 4.78 is 68.8. The van der Waals surface area contributed by atoms with Crippen molar-refractivity contribution in [1.29, 1.82) is 0 Å². The molecule has 0 heterocycles. The quantitative estimate of drug-likeness (QED) is 0.0222. The maximum absolute atomic E-state index is 13.1. The normalized spacial score (nSPS) is 14.2. The number of carbonyl (C=O) groups is 4. The molecule has 0 saturated carbocycles. The lowest BCUT2D eigenvalue weighted by atomic mass is 9.99. The molecule has 0 radical (unpaired) electrons. The van der Waals surface area contributed by atoms with E-state index in [0.29, 0.717) is 25.7 Å². The highest BCUT2D eigenvalue weighted by Gasteiger charge is 2.30. The third-order valence-electron chi connectivity index (χ3n) is 19.7. The molecule has 0 rings (SSSR count). The van der Waals surface area contributed by atoms with Crippen molar-refractivity contribution in [2.24, 2.45) is 17.8 Å². The Balaban J connectivity index is 5.27. The molecule has 0 aromatic carbocycles. The third-order valence-corrected chi connectivity index (χ3v) is 21.6. The first kappa shape index (κ1) is 100. The van der Waals surface area contributed by atoms with Crippen LogP contribution in [-0.4, -0.2) is 96.7 Å². The summed E-state index contributed by atoms with van der Waals surface area (Å²) in [5.41, 5.74) is 0. The van der Waals surface area contributed by atoms with E-state index in [9.17, 15) is 43.2 Å². The Bertz CT molecular complexity index is 1980. The Morgan fingerprint density at radius 1 is 0.284 bits per heavy atom. The van der Waals surface area contributed by atoms with Crippen molar-refractivity contribution < 1.29 is 80.2 Å². The molecule has 102 heavy (non-hydrogen) atoms. The number of carbonyl (C=O) groups excluding carboxylic acids is 4. The monoisotopic (exact) mass is 1490 g/mol. The molecule has 0 aromatic heterocycles. The van der Waals surface area contributed by atoms with Crippen LogP contribution < -0.4 is 0 Å². The standard InChI is InChI=1S/C83H162O17P2/c1-8-10-11-12-13-14-15-16-17-25-30-37-45-52-59-66-82(87)100-79(71-94-81(86)65-58-51-44-39-32-34-41-48-55-62-75(5)6)73-98-102(91,92)96-69-77(84)68-95-101(89,90)97-72-78(70-93-80(85)64-57-50-43-36-29-24-20-18-22-27-33-40-47-54-61-74(3)4)99-83(88)67-60-53-46-38-31-26-21-19-23-28-35-42-49-56-63-76(7)9-2/h74-79,84H,8-73H2,1-7H3,(H,89,90)(H,91,92)/t76?,77-,78-,79-/m1/s1. The molecular formula is C83H162O17P2. The SMILES string of the molecule is CCCCCCCCCCCCCCCCCC(=O)O[C@H](COC(=O)CCCCCCCCCCCC(C)C)COP(=O)(O)OC[C@H](O)COP(=O)(O)OC[C@@H](COC(=O)CCCCCCCCCCCCCCCCC(C)C)OC(=O)CCCCCCCCCCCCCCCCC(C)CC. The minimum absolute atomic E-state index is 0.108. The summed E-state index contributed by atoms with van der Waals surface area (Å²) in [5, 5.41) is 10.7. The molecule has 3 N–H and O–H groups in total. The fourth-order valence-corrected chi connectivity index (χ4v) is 14.4. The van der Waals surface area contributed by atoms with Gasteiger partial charge in [0.1, 0.15) is 19.3 Å². The third kappa shape index (κ3) is 74.9. The summed E-state index contributed by atoms with van der Waals surface area (Å²) in [4.78, 5) is 73.2. The van der Waals surface area contributed by atoms with Crippen LogP contribution in [0.2, 0.25) is 0 Å². The second kappa shape index (κ2) is 73.2. The molecule has 0 aliphatic rings. The molecule has 0 fully saturated rings. The number of phosphoric ester groups is 2. The van der Waals surface area contributed by atoms with Crippen molar-refractivity contribution >= 4 is 39.5 Å². The molecule has 0 spiro atoms. The van der Waals surface area contributed by atoms with E-state index in [1.54, 1.807) is 0 Å². The van der Waals surface area contributed by atoms with E-state index in [1.165, 1.54) is 244 Å². The average molecular weight is 1490 g/mol. The summed E-state index contributed by atoms with van der Waals surface area (Å²) in [6.45, 7) is 12.0. The van der Waals surface area contributed by atoms with Crippen molar-refractivity contribution in [3.05, 3.63) is 0 Å². The Labute approximate surface area is 626 Å². The number of aliphatic hydroxyl groups is 1. The first-order valence-electron chi connectivity index (χ1n) is 42.9. The van der Waals surface area contributed by atoms with Crippen LogP contribution in [-0.2, 0) is 65.4 Å². The summed E-state index contributed by atoms with van der Waals surface area (Å²) in [6, 6.07) is 0. The molecular weight excluding hydrogens is 1330 g/mol. The number of rotatable bonds is 81. The molecule has 606 valence electrons. The van der Waals surface area contributed by atoms with E-state index in [4.69, 9.17) is 37.0 Å². The van der Waals surface area contributed by atoms with E-state index >= 15 is 0 Å². The number of aliphatic hydroxyl groups excluding tert-OH is 1. The first-order chi connectivity index (χ1) is 49.3. The number of phosphoric acid groups is 2. The lowest BCUT2D eigenvalue weighted by Crippen LogP contribution is -2.30. The minimum atomic E-state index is -4.96. The molecule has 3 unspecified atom stereocenters. The number of ether oxygens (including phenoxy) is 4. The maximum Gasteiger partial charge on any atom is 0.472 e. The topological polar surface area (TPSA) is 237 Å². The van der Waals surface area contributed by atoms with Gasteiger partial charge in [-0.3, -0.25) is 37.3 Å². The van der Waals surface area contributed by atoms with Crippen LogP contribution in [0.15, 0.2) is 0 Å². The van der Waals surface area contributed by atoms with E-state index < -0.39 is 97.5 Å². The number of esters is 4. The van der Waals surface area contributed by atoms with E-state index in [1.807, 2.05) is 0 Å². The van der Waals surface area contributed by atoms with Gasteiger partial charge in [0.15, 0.2) is 12.2 Å².